The van der Waals surface area contributed by atoms with E-state index in [1.165, 1.54) is 16.2 Å². The van der Waals surface area contributed by atoms with E-state index in [0.717, 1.165) is 72.5 Å². The average Bonchev–Trinajstić information content (AvgIpc) is 3.60. The summed E-state index contributed by atoms with van der Waals surface area (Å²) in [5.74, 6) is 0.624. The van der Waals surface area contributed by atoms with Crippen molar-refractivity contribution < 1.29 is 4.42 Å². The molecule has 4 heteroatoms. The van der Waals surface area contributed by atoms with Gasteiger partial charge in [-0.3, -0.25) is 0 Å². The molecule has 10 aromatic rings. The van der Waals surface area contributed by atoms with Crippen LogP contribution in [0, 0.1) is 0 Å². The fraction of sp³-hybridized carbons (Fsp3) is 0. The molecule has 0 spiro atoms. The summed E-state index contributed by atoms with van der Waals surface area (Å²) >= 11 is 0. The molecule has 244 valence electrons. The lowest BCUT2D eigenvalue weighted by Crippen LogP contribution is -2.10. The Morgan fingerprint density at radius 1 is 0.404 bits per heavy atom. The van der Waals surface area contributed by atoms with Crippen LogP contribution in [0.15, 0.2) is 192 Å². The maximum atomic E-state index is 6.65. The van der Waals surface area contributed by atoms with Crippen molar-refractivity contribution in [2.45, 2.75) is 0 Å². The highest BCUT2D eigenvalue weighted by molar-refractivity contribution is 6.14. The molecule has 0 saturated heterocycles. The van der Waals surface area contributed by atoms with Crippen molar-refractivity contribution in [3.8, 4) is 33.9 Å². The molecule has 10 rings (SSSR count). The number of furan rings is 1. The predicted octanol–water partition coefficient (Wildman–Crippen LogP) is 13.2. The third kappa shape index (κ3) is 5.17. The first-order valence-electron chi connectivity index (χ1n) is 17.5. The molecule has 52 heavy (non-hydrogen) atoms. The minimum Gasteiger partial charge on any atom is -0.456 e. The molecule has 0 aliphatic carbocycles. The van der Waals surface area contributed by atoms with Gasteiger partial charge in [-0.1, -0.05) is 140 Å². The first kappa shape index (κ1) is 29.8. The predicted molar refractivity (Wildman–Crippen MR) is 215 cm³/mol. The lowest BCUT2D eigenvalue weighted by molar-refractivity contribution is 0.669. The van der Waals surface area contributed by atoms with Crippen molar-refractivity contribution in [2.24, 2.45) is 0 Å². The van der Waals surface area contributed by atoms with E-state index >= 15 is 0 Å². The summed E-state index contributed by atoms with van der Waals surface area (Å²) in [4.78, 5) is 12.9. The van der Waals surface area contributed by atoms with Gasteiger partial charge in [0.05, 0.1) is 22.5 Å². The minimum atomic E-state index is 0.624. The van der Waals surface area contributed by atoms with E-state index in [1.807, 2.05) is 18.2 Å². The minimum absolute atomic E-state index is 0.624. The molecule has 0 N–H and O–H groups in total. The van der Waals surface area contributed by atoms with Crippen molar-refractivity contribution in [1.82, 2.24) is 9.97 Å². The number of benzene rings is 8. The highest BCUT2D eigenvalue weighted by Gasteiger charge is 2.23. The Hall–Kier alpha value is -7.04. The average molecular weight is 666 g/mol. The third-order valence-corrected chi connectivity index (χ3v) is 9.82. The topological polar surface area (TPSA) is 42.2 Å². The molecular formula is C48H31N3O. The number of fused-ring (bicyclic) bond motifs is 5. The standard InChI is InChI=1S/C48H31N3O/c1-3-16-34(17-4-1)42-31-43(40-24-13-19-33-15-9-10-22-39(33)40)50-48(49-42)36-29-44(47-41-23-11-12-25-45(41)52-46(47)30-36)51(37-20-5-2-6-21-37)38-27-26-32-14-7-8-18-35(32)28-38/h1-31H. The number of nitrogens with zero attached hydrogens (tertiary/aromatic N) is 3. The van der Waals surface area contributed by atoms with Crippen LogP contribution in [0.25, 0.3) is 77.4 Å². The molecule has 0 unspecified atom stereocenters. The Balaban J connectivity index is 1.27. The second-order valence-electron chi connectivity index (χ2n) is 13.0. The van der Waals surface area contributed by atoms with Crippen LogP contribution in [0.3, 0.4) is 0 Å². The van der Waals surface area contributed by atoms with Crippen LogP contribution < -0.4 is 4.90 Å². The van der Waals surface area contributed by atoms with Crippen LogP contribution >= 0.6 is 0 Å². The molecule has 0 saturated carbocycles. The van der Waals surface area contributed by atoms with E-state index in [0.29, 0.717) is 5.82 Å². The van der Waals surface area contributed by atoms with Crippen molar-refractivity contribution in [3.05, 3.63) is 188 Å². The van der Waals surface area contributed by atoms with E-state index in [9.17, 15) is 0 Å². The molecule has 0 atom stereocenters. The van der Waals surface area contributed by atoms with Crippen LogP contribution in [-0.2, 0) is 0 Å². The summed E-state index contributed by atoms with van der Waals surface area (Å²) < 4.78 is 6.65. The molecule has 2 heterocycles. The van der Waals surface area contributed by atoms with Crippen LogP contribution in [0.4, 0.5) is 17.1 Å². The highest BCUT2D eigenvalue weighted by atomic mass is 16.3. The van der Waals surface area contributed by atoms with Crippen LogP contribution in [0.2, 0.25) is 0 Å². The summed E-state index contributed by atoms with van der Waals surface area (Å²) in [6, 6.07) is 65.5. The lowest BCUT2D eigenvalue weighted by atomic mass is 10.00. The van der Waals surface area contributed by atoms with E-state index in [1.54, 1.807) is 0 Å². The first-order valence-corrected chi connectivity index (χ1v) is 17.5. The molecule has 0 amide bonds. The maximum absolute atomic E-state index is 6.65. The SMILES string of the molecule is c1ccc(-c2cc(-c3cccc4ccccc34)nc(-c3cc(N(c4ccccc4)c4ccc5ccccc5c4)c4c(c3)oc3ccccc34)n2)cc1. The number of rotatable bonds is 6. The van der Waals surface area contributed by atoms with Gasteiger partial charge in [0.15, 0.2) is 5.82 Å². The van der Waals surface area contributed by atoms with Gasteiger partial charge in [0.25, 0.3) is 0 Å². The normalized spacial score (nSPS) is 11.5. The number of hydrogen-bond acceptors (Lipinski definition) is 4. The monoisotopic (exact) mass is 665 g/mol. The second kappa shape index (κ2) is 12.4. The van der Waals surface area contributed by atoms with Crippen molar-refractivity contribution >= 4 is 60.5 Å². The van der Waals surface area contributed by atoms with E-state index in [-0.39, 0.29) is 0 Å². The highest BCUT2D eigenvalue weighted by Crippen LogP contribution is 2.45. The number of anilines is 3. The fourth-order valence-corrected chi connectivity index (χ4v) is 7.38. The van der Waals surface area contributed by atoms with E-state index < -0.39 is 0 Å². The largest absolute Gasteiger partial charge is 0.456 e. The van der Waals surface area contributed by atoms with Gasteiger partial charge in [0.2, 0.25) is 0 Å². The molecule has 0 aliphatic rings. The van der Waals surface area contributed by atoms with E-state index in [4.69, 9.17) is 14.4 Å². The van der Waals surface area contributed by atoms with Gasteiger partial charge >= 0.3 is 0 Å². The molecular weight excluding hydrogens is 635 g/mol. The van der Waals surface area contributed by atoms with Gasteiger partial charge in [-0.25, -0.2) is 9.97 Å². The Morgan fingerprint density at radius 3 is 1.92 bits per heavy atom. The fourth-order valence-electron chi connectivity index (χ4n) is 7.38. The quantitative estimate of drug-likeness (QED) is 0.177. The molecule has 4 nitrogen and oxygen atoms in total. The van der Waals surface area contributed by atoms with Crippen molar-refractivity contribution in [1.29, 1.82) is 0 Å². The molecule has 0 radical (unpaired) electrons. The Kier molecular flexibility index (Phi) is 7.10. The van der Waals surface area contributed by atoms with Gasteiger partial charge in [0, 0.05) is 33.5 Å². The first-order chi connectivity index (χ1) is 25.8. The summed E-state index contributed by atoms with van der Waals surface area (Å²) in [6.07, 6.45) is 0. The van der Waals surface area contributed by atoms with Crippen molar-refractivity contribution in [2.75, 3.05) is 4.90 Å². The molecule has 0 bridgehead atoms. The molecule has 8 aromatic carbocycles. The lowest BCUT2D eigenvalue weighted by Gasteiger charge is -2.27. The summed E-state index contributed by atoms with van der Waals surface area (Å²) in [5, 5.41) is 6.76. The number of aromatic nitrogens is 2. The molecule has 0 fully saturated rings. The van der Waals surface area contributed by atoms with E-state index in [2.05, 4.69) is 175 Å². The van der Waals surface area contributed by atoms with Crippen LogP contribution in [-0.4, -0.2) is 9.97 Å². The van der Waals surface area contributed by atoms with Crippen molar-refractivity contribution in [3.63, 3.8) is 0 Å². The Morgan fingerprint density at radius 2 is 1.08 bits per heavy atom. The van der Waals surface area contributed by atoms with Gasteiger partial charge < -0.3 is 9.32 Å². The zero-order valence-electron chi connectivity index (χ0n) is 28.1. The molecule has 0 aliphatic heterocycles. The summed E-state index contributed by atoms with van der Waals surface area (Å²) in [7, 11) is 0. The Labute approximate surface area is 300 Å². The van der Waals surface area contributed by atoms with Crippen LogP contribution in [0.5, 0.6) is 0 Å². The molecule has 2 aromatic heterocycles. The van der Waals surface area contributed by atoms with Crippen LogP contribution in [0.1, 0.15) is 0 Å². The number of para-hydroxylation sites is 2. The smallest absolute Gasteiger partial charge is 0.160 e. The van der Waals surface area contributed by atoms with Gasteiger partial charge in [-0.2, -0.15) is 0 Å². The second-order valence-corrected chi connectivity index (χ2v) is 13.0. The number of hydrogen-bond donors (Lipinski definition) is 0. The third-order valence-electron chi connectivity index (χ3n) is 9.82. The Bertz CT molecular complexity index is 2910. The zero-order chi connectivity index (χ0) is 34.4. The zero-order valence-corrected chi connectivity index (χ0v) is 28.1. The van der Waals surface area contributed by atoms with Gasteiger partial charge in [0.1, 0.15) is 11.2 Å². The van der Waals surface area contributed by atoms with Gasteiger partial charge in [-0.15, -0.1) is 0 Å². The summed E-state index contributed by atoms with van der Waals surface area (Å²) in [5.41, 5.74) is 9.35. The van der Waals surface area contributed by atoms with Gasteiger partial charge in [-0.05, 0) is 70.1 Å². The summed E-state index contributed by atoms with van der Waals surface area (Å²) in [6.45, 7) is 0. The maximum Gasteiger partial charge on any atom is 0.160 e.